The molecule has 0 aliphatic heterocycles. The molecule has 0 rings (SSSR count). The second-order valence-corrected chi connectivity index (χ2v) is 7.90. The van der Waals surface area contributed by atoms with Crippen LogP contribution in [0, 0.1) is 0 Å². The Kier molecular flexibility index (Phi) is 2.95. The molecular formula is C3H6I2O3. The molecule has 8 heavy (non-hydrogen) atoms. The fourth-order valence-electron chi connectivity index (χ4n) is 0. The second-order valence-electron chi connectivity index (χ2n) is 1.52. The van der Waals surface area contributed by atoms with E-state index in [0.29, 0.717) is 0 Å². The Balaban J connectivity index is 4.02. The van der Waals surface area contributed by atoms with Gasteiger partial charge in [0.2, 0.25) is 0 Å². The minimum absolute atomic E-state index is 0.956. The zero-order valence-corrected chi connectivity index (χ0v) is 8.41. The summed E-state index contributed by atoms with van der Waals surface area (Å²) in [5, 5.41) is 25.4. The van der Waals surface area contributed by atoms with E-state index in [0.717, 1.165) is 0 Å². The summed E-state index contributed by atoms with van der Waals surface area (Å²) in [6, 6.07) is 0. The van der Waals surface area contributed by atoms with E-state index >= 15 is 0 Å². The third kappa shape index (κ3) is 2.76. The highest BCUT2D eigenvalue weighted by molar-refractivity contribution is 14.2. The maximum Gasteiger partial charge on any atom is 0.300 e. The van der Waals surface area contributed by atoms with Crippen molar-refractivity contribution in [3.05, 3.63) is 0 Å². The lowest BCUT2D eigenvalue weighted by Crippen LogP contribution is -2.42. The molecule has 0 aromatic rings. The quantitative estimate of drug-likeness (QED) is 0.362. The summed E-state index contributed by atoms with van der Waals surface area (Å²) in [7, 11) is 0. The van der Waals surface area contributed by atoms with Gasteiger partial charge >= 0.3 is 0 Å². The summed E-state index contributed by atoms with van der Waals surface area (Å²) in [6.07, 6.45) is 0. The first-order chi connectivity index (χ1) is 3.25. The molecule has 5 heteroatoms. The normalized spacial score (nSPS) is 14.2. The minimum Gasteiger partial charge on any atom is -0.342 e. The number of alkyl halides is 2. The van der Waals surface area contributed by atoms with Crippen molar-refractivity contribution in [2.45, 2.75) is 14.3 Å². The molecule has 0 unspecified atom stereocenters. The molecule has 0 aromatic carbocycles. The van der Waals surface area contributed by atoms with E-state index in [4.69, 9.17) is 15.3 Å². The van der Waals surface area contributed by atoms with E-state index in [1.54, 1.807) is 45.2 Å². The standard InChI is InChI=1S/C3H6I2O3/c1-2(4,5)3(6,7)8/h6-8H,1H3. The first-order valence-electron chi connectivity index (χ1n) is 1.80. The van der Waals surface area contributed by atoms with E-state index in [2.05, 4.69) is 0 Å². The molecule has 0 amide bonds. The van der Waals surface area contributed by atoms with Crippen LogP contribution in [0.25, 0.3) is 0 Å². The summed E-state index contributed by atoms with van der Waals surface area (Å²) < 4.78 is -0.956. The van der Waals surface area contributed by atoms with Crippen molar-refractivity contribution in [2.24, 2.45) is 0 Å². The number of hydrogen-bond acceptors (Lipinski definition) is 3. The average Bonchev–Trinajstić information content (AvgIpc) is 1.25. The molecule has 0 saturated carbocycles. The van der Waals surface area contributed by atoms with Crippen LogP contribution in [0.3, 0.4) is 0 Å². The number of aliphatic hydroxyl groups is 3. The average molecular weight is 344 g/mol. The van der Waals surface area contributed by atoms with Crippen molar-refractivity contribution in [1.29, 1.82) is 0 Å². The van der Waals surface area contributed by atoms with E-state index in [-0.39, 0.29) is 0 Å². The smallest absolute Gasteiger partial charge is 0.300 e. The SMILES string of the molecule is CC(I)(I)C(O)(O)O. The van der Waals surface area contributed by atoms with Crippen LogP contribution in [0.4, 0.5) is 0 Å². The Morgan fingerprint density at radius 1 is 1.12 bits per heavy atom. The molecule has 0 aliphatic carbocycles. The molecule has 50 valence electrons. The van der Waals surface area contributed by atoms with Gasteiger partial charge in [0.1, 0.15) is 0 Å². The second kappa shape index (κ2) is 2.52. The molecule has 3 N–H and O–H groups in total. The predicted octanol–water partition coefficient (Wildman–Crippen LogP) is 0.203. The van der Waals surface area contributed by atoms with Crippen LogP contribution in [-0.4, -0.2) is 22.7 Å². The monoisotopic (exact) mass is 344 g/mol. The topological polar surface area (TPSA) is 60.7 Å². The lowest BCUT2D eigenvalue weighted by molar-refractivity contribution is -0.308. The summed E-state index contributed by atoms with van der Waals surface area (Å²) in [5.41, 5.74) is 0. The van der Waals surface area contributed by atoms with E-state index in [1.165, 1.54) is 6.92 Å². The van der Waals surface area contributed by atoms with Crippen molar-refractivity contribution in [1.82, 2.24) is 0 Å². The molecule has 0 atom stereocenters. The van der Waals surface area contributed by atoms with Crippen LogP contribution in [0.15, 0.2) is 0 Å². The Hall–Kier alpha value is 1.34. The van der Waals surface area contributed by atoms with Gasteiger partial charge in [0.05, 0.1) is 0 Å². The van der Waals surface area contributed by atoms with Gasteiger partial charge in [0, 0.05) is 0 Å². The van der Waals surface area contributed by atoms with Gasteiger partial charge in [0.25, 0.3) is 5.97 Å². The lowest BCUT2D eigenvalue weighted by Gasteiger charge is -2.24. The summed E-state index contributed by atoms with van der Waals surface area (Å²) in [5.74, 6) is -2.59. The van der Waals surface area contributed by atoms with E-state index < -0.39 is 7.40 Å². The van der Waals surface area contributed by atoms with Crippen molar-refractivity contribution >= 4 is 45.2 Å². The molecule has 0 heterocycles. The minimum atomic E-state index is -2.59. The van der Waals surface area contributed by atoms with Gasteiger partial charge in [-0.1, -0.05) is 45.2 Å². The first kappa shape index (κ1) is 9.34. The summed E-state index contributed by atoms with van der Waals surface area (Å²) in [6.45, 7) is 1.49. The molecule has 0 spiro atoms. The van der Waals surface area contributed by atoms with Crippen LogP contribution in [0.1, 0.15) is 6.92 Å². The van der Waals surface area contributed by atoms with Crippen LogP contribution in [0.2, 0.25) is 0 Å². The third-order valence-electron chi connectivity index (χ3n) is 0.589. The van der Waals surface area contributed by atoms with Crippen molar-refractivity contribution in [3.63, 3.8) is 0 Å². The van der Waals surface area contributed by atoms with Crippen molar-refractivity contribution in [3.8, 4) is 0 Å². The molecule has 0 aliphatic rings. The van der Waals surface area contributed by atoms with Gasteiger partial charge in [-0.15, -0.1) is 0 Å². The highest BCUT2D eigenvalue weighted by Gasteiger charge is 2.39. The van der Waals surface area contributed by atoms with Crippen molar-refractivity contribution in [2.75, 3.05) is 0 Å². The molecule has 0 bridgehead atoms. The highest BCUT2D eigenvalue weighted by atomic mass is 127. The van der Waals surface area contributed by atoms with E-state index in [1.807, 2.05) is 0 Å². The van der Waals surface area contributed by atoms with Gasteiger partial charge in [0.15, 0.2) is 1.43 Å². The largest absolute Gasteiger partial charge is 0.342 e. The molecular weight excluding hydrogens is 338 g/mol. The van der Waals surface area contributed by atoms with Crippen molar-refractivity contribution < 1.29 is 15.3 Å². The van der Waals surface area contributed by atoms with Gasteiger partial charge in [-0.2, -0.15) is 0 Å². The van der Waals surface area contributed by atoms with E-state index in [9.17, 15) is 0 Å². The molecule has 3 nitrogen and oxygen atoms in total. The fraction of sp³-hybridized carbons (Fsp3) is 1.00. The fourth-order valence-corrected chi connectivity index (χ4v) is 0. The van der Waals surface area contributed by atoms with Gasteiger partial charge in [-0.25, -0.2) is 0 Å². The molecule has 0 fully saturated rings. The summed E-state index contributed by atoms with van der Waals surface area (Å²) in [4.78, 5) is 0. The van der Waals surface area contributed by atoms with Crippen LogP contribution >= 0.6 is 45.2 Å². The zero-order chi connectivity index (χ0) is 7.00. The van der Waals surface area contributed by atoms with Gasteiger partial charge in [-0.3, -0.25) is 0 Å². The Morgan fingerprint density at radius 2 is 1.25 bits per heavy atom. The van der Waals surface area contributed by atoms with Crippen LogP contribution < -0.4 is 0 Å². The lowest BCUT2D eigenvalue weighted by atomic mass is 10.4. The first-order valence-corrected chi connectivity index (χ1v) is 3.96. The maximum atomic E-state index is 8.45. The number of rotatable bonds is 1. The van der Waals surface area contributed by atoms with Crippen LogP contribution in [-0.2, 0) is 0 Å². The number of halogens is 2. The Morgan fingerprint density at radius 3 is 1.25 bits per heavy atom. The Labute approximate surface area is 74.4 Å². The predicted molar refractivity (Wildman–Crippen MR) is 45.8 cm³/mol. The number of hydrogen-bond donors (Lipinski definition) is 3. The molecule has 0 radical (unpaired) electrons. The van der Waals surface area contributed by atoms with Gasteiger partial charge < -0.3 is 15.3 Å². The van der Waals surface area contributed by atoms with Gasteiger partial charge in [-0.05, 0) is 6.92 Å². The van der Waals surface area contributed by atoms with Crippen LogP contribution in [0.5, 0.6) is 0 Å². The summed E-state index contributed by atoms with van der Waals surface area (Å²) >= 11 is 3.44. The highest BCUT2D eigenvalue weighted by Crippen LogP contribution is 2.34. The zero-order valence-electron chi connectivity index (χ0n) is 4.10. The Bertz CT molecular complexity index is 67.5. The molecule has 0 aromatic heterocycles. The maximum absolute atomic E-state index is 8.45. The third-order valence-corrected chi connectivity index (χ3v) is 2.04. The molecule has 0 saturated heterocycles.